The summed E-state index contributed by atoms with van der Waals surface area (Å²) in [5, 5.41) is 9.18. The normalized spacial score (nSPS) is 16.0. The summed E-state index contributed by atoms with van der Waals surface area (Å²) >= 11 is 0.748. The number of ether oxygens (including phenoxy) is 2. The zero-order chi connectivity index (χ0) is 18.6. The molecule has 1 aromatic rings. The first-order valence-corrected chi connectivity index (χ1v) is 8.54. The first-order chi connectivity index (χ1) is 11.8. The van der Waals surface area contributed by atoms with Crippen LogP contribution in [0.25, 0.3) is 6.08 Å². The van der Waals surface area contributed by atoms with Gasteiger partial charge in [0.25, 0.3) is 11.1 Å². The smallest absolute Gasteiger partial charge is 0.326 e. The highest BCUT2D eigenvalue weighted by atomic mass is 32.2. The maximum atomic E-state index is 12.3. The van der Waals surface area contributed by atoms with Crippen LogP contribution in [0.1, 0.15) is 26.3 Å². The number of esters is 1. The van der Waals surface area contributed by atoms with E-state index in [0.29, 0.717) is 12.2 Å². The van der Waals surface area contributed by atoms with Gasteiger partial charge in [-0.15, -0.1) is 0 Å². The fourth-order valence-electron chi connectivity index (χ4n) is 2.11. The second-order valence-corrected chi connectivity index (χ2v) is 6.46. The minimum Gasteiger partial charge on any atom is -0.504 e. The van der Waals surface area contributed by atoms with Crippen LogP contribution in [0.5, 0.6) is 11.5 Å². The summed E-state index contributed by atoms with van der Waals surface area (Å²) in [6.07, 6.45) is 1.19. The van der Waals surface area contributed by atoms with Gasteiger partial charge in [0.15, 0.2) is 11.5 Å². The fourth-order valence-corrected chi connectivity index (χ4v) is 2.95. The Kier molecular flexibility index (Phi) is 6.08. The Balaban J connectivity index is 2.17. The van der Waals surface area contributed by atoms with Gasteiger partial charge in [-0.3, -0.25) is 19.3 Å². The lowest BCUT2D eigenvalue weighted by atomic mass is 10.2. The van der Waals surface area contributed by atoms with Gasteiger partial charge in [0.2, 0.25) is 0 Å². The third kappa shape index (κ3) is 4.76. The van der Waals surface area contributed by atoms with Crippen molar-refractivity contribution in [2.24, 2.45) is 0 Å². The van der Waals surface area contributed by atoms with Crippen LogP contribution in [0.2, 0.25) is 0 Å². The minimum atomic E-state index is -0.637. The molecular weight excluding hydrogens is 346 g/mol. The molecule has 25 heavy (non-hydrogen) atoms. The van der Waals surface area contributed by atoms with Gasteiger partial charge in [-0.05, 0) is 56.3 Å². The molecule has 0 bridgehead atoms. The molecule has 2 amide bonds. The highest BCUT2D eigenvalue weighted by Crippen LogP contribution is 2.34. The van der Waals surface area contributed by atoms with Crippen LogP contribution in [0.15, 0.2) is 23.1 Å². The molecule has 0 atom stereocenters. The first-order valence-electron chi connectivity index (χ1n) is 7.72. The third-order valence-electron chi connectivity index (χ3n) is 3.11. The molecule has 1 aliphatic heterocycles. The van der Waals surface area contributed by atoms with Crippen molar-refractivity contribution in [2.45, 2.75) is 26.9 Å². The van der Waals surface area contributed by atoms with Crippen molar-refractivity contribution in [1.82, 2.24) is 4.90 Å². The number of hydrogen-bond acceptors (Lipinski definition) is 7. The molecule has 0 aliphatic carbocycles. The second kappa shape index (κ2) is 8.06. The fraction of sp³-hybridized carbons (Fsp3) is 0.353. The van der Waals surface area contributed by atoms with Gasteiger partial charge in [-0.25, -0.2) is 0 Å². The molecule has 1 N–H and O–H groups in total. The zero-order valence-electron chi connectivity index (χ0n) is 14.1. The maximum absolute atomic E-state index is 12.3. The molecule has 1 heterocycles. The van der Waals surface area contributed by atoms with Gasteiger partial charge in [0, 0.05) is 0 Å². The van der Waals surface area contributed by atoms with Gasteiger partial charge in [0.1, 0.15) is 6.54 Å². The molecule has 0 spiro atoms. The molecule has 0 radical (unpaired) electrons. The van der Waals surface area contributed by atoms with Gasteiger partial charge in [-0.1, -0.05) is 6.07 Å². The van der Waals surface area contributed by atoms with Crippen molar-refractivity contribution in [3.63, 3.8) is 0 Å². The molecule has 0 aromatic heterocycles. The Labute approximate surface area is 149 Å². The molecule has 0 unspecified atom stereocenters. The molecule has 7 nitrogen and oxygen atoms in total. The Bertz CT molecular complexity index is 728. The molecule has 1 fully saturated rings. The lowest BCUT2D eigenvalue weighted by molar-refractivity contribution is -0.149. The average molecular weight is 365 g/mol. The predicted molar refractivity (Wildman–Crippen MR) is 93.2 cm³/mol. The Morgan fingerprint density at radius 3 is 2.72 bits per heavy atom. The van der Waals surface area contributed by atoms with Gasteiger partial charge in [-0.2, -0.15) is 0 Å². The Hall–Kier alpha value is -2.48. The molecule has 0 saturated carbocycles. The lowest BCUT2D eigenvalue weighted by Crippen LogP contribution is -2.35. The lowest BCUT2D eigenvalue weighted by Gasteiger charge is -2.13. The van der Waals surface area contributed by atoms with Crippen molar-refractivity contribution in [2.75, 3.05) is 13.2 Å². The highest BCUT2D eigenvalue weighted by molar-refractivity contribution is 8.18. The van der Waals surface area contributed by atoms with Crippen molar-refractivity contribution < 1.29 is 29.0 Å². The molecule has 1 aromatic carbocycles. The number of aromatic hydroxyl groups is 1. The van der Waals surface area contributed by atoms with Crippen LogP contribution in [0.4, 0.5) is 4.79 Å². The summed E-state index contributed by atoms with van der Waals surface area (Å²) < 4.78 is 10.3. The summed E-state index contributed by atoms with van der Waals surface area (Å²) in [4.78, 5) is 37.1. The third-order valence-corrected chi connectivity index (χ3v) is 4.02. The van der Waals surface area contributed by atoms with Crippen molar-refractivity contribution in [3.05, 3.63) is 28.7 Å². The number of imide groups is 1. The van der Waals surface area contributed by atoms with E-state index in [4.69, 9.17) is 9.47 Å². The summed E-state index contributed by atoms with van der Waals surface area (Å²) in [6, 6.07) is 4.61. The average Bonchev–Trinajstić information content (AvgIpc) is 2.77. The first kappa shape index (κ1) is 18.9. The largest absolute Gasteiger partial charge is 0.504 e. The number of carbonyl (C=O) groups is 3. The molecule has 1 saturated heterocycles. The highest BCUT2D eigenvalue weighted by Gasteiger charge is 2.36. The van der Waals surface area contributed by atoms with E-state index in [1.165, 1.54) is 12.1 Å². The minimum absolute atomic E-state index is 0.0106. The predicted octanol–water partition coefficient (Wildman–Crippen LogP) is 2.78. The zero-order valence-corrected chi connectivity index (χ0v) is 15.0. The van der Waals surface area contributed by atoms with E-state index < -0.39 is 23.7 Å². The van der Waals surface area contributed by atoms with E-state index in [1.807, 2.05) is 0 Å². The maximum Gasteiger partial charge on any atom is 0.326 e. The van der Waals surface area contributed by atoms with E-state index in [-0.39, 0.29) is 22.5 Å². The van der Waals surface area contributed by atoms with E-state index in [9.17, 15) is 19.5 Å². The molecule has 1 aliphatic rings. The van der Waals surface area contributed by atoms with E-state index >= 15 is 0 Å². The van der Waals surface area contributed by atoms with Crippen LogP contribution in [-0.2, 0) is 14.3 Å². The number of nitrogens with zero attached hydrogens (tertiary/aromatic N) is 1. The number of carbonyl (C=O) groups excluding carboxylic acids is 3. The number of amides is 2. The van der Waals surface area contributed by atoms with Crippen molar-refractivity contribution >= 4 is 35.0 Å². The van der Waals surface area contributed by atoms with Gasteiger partial charge < -0.3 is 14.6 Å². The molecular formula is C17H19NO6S. The quantitative estimate of drug-likeness (QED) is 0.612. The SMILES string of the molecule is CCOc1cc(/C=C2\SC(=O)N(CC(=O)OC(C)C)C2=O)ccc1O. The number of phenols is 1. The van der Waals surface area contributed by atoms with Crippen LogP contribution in [-0.4, -0.2) is 46.4 Å². The number of thioether (sulfide) groups is 1. The standard InChI is InChI=1S/C17H19NO6S/c1-4-23-13-7-11(5-6-12(13)19)8-14-16(21)18(17(22)25-14)9-15(20)24-10(2)3/h5-8,10,19H,4,9H2,1-3H3/b14-8-. The van der Waals surface area contributed by atoms with Crippen LogP contribution >= 0.6 is 11.8 Å². The van der Waals surface area contributed by atoms with Crippen LogP contribution in [0, 0.1) is 0 Å². The molecule has 2 rings (SSSR count). The van der Waals surface area contributed by atoms with Gasteiger partial charge in [0.05, 0.1) is 17.6 Å². The number of benzene rings is 1. The summed E-state index contributed by atoms with van der Waals surface area (Å²) in [6.45, 7) is 5.12. The van der Waals surface area contributed by atoms with Crippen molar-refractivity contribution in [1.29, 1.82) is 0 Å². The monoisotopic (exact) mass is 365 g/mol. The van der Waals surface area contributed by atoms with Gasteiger partial charge >= 0.3 is 5.97 Å². The summed E-state index contributed by atoms with van der Waals surface area (Å²) in [5.74, 6) is -0.914. The molecule has 8 heteroatoms. The van der Waals surface area contributed by atoms with Crippen LogP contribution < -0.4 is 4.74 Å². The topological polar surface area (TPSA) is 93.1 Å². The van der Waals surface area contributed by atoms with Crippen molar-refractivity contribution in [3.8, 4) is 11.5 Å². The van der Waals surface area contributed by atoms with Crippen LogP contribution in [0.3, 0.4) is 0 Å². The number of rotatable bonds is 6. The summed E-state index contributed by atoms with van der Waals surface area (Å²) in [5.41, 5.74) is 0.594. The number of phenolic OH excluding ortho intramolecular Hbond substituents is 1. The van der Waals surface area contributed by atoms with E-state index in [0.717, 1.165) is 16.7 Å². The molecule has 134 valence electrons. The Morgan fingerprint density at radius 2 is 2.08 bits per heavy atom. The summed E-state index contributed by atoms with van der Waals surface area (Å²) in [7, 11) is 0. The Morgan fingerprint density at radius 1 is 1.36 bits per heavy atom. The van der Waals surface area contributed by atoms with E-state index in [1.54, 1.807) is 32.9 Å². The van der Waals surface area contributed by atoms with E-state index in [2.05, 4.69) is 0 Å². The second-order valence-electron chi connectivity index (χ2n) is 5.47. The number of hydrogen-bond donors (Lipinski definition) is 1.